The van der Waals surface area contributed by atoms with Crippen molar-refractivity contribution in [2.45, 2.75) is 79.1 Å². The molecule has 0 aliphatic carbocycles. The summed E-state index contributed by atoms with van der Waals surface area (Å²) in [5.41, 5.74) is 0. The predicted molar refractivity (Wildman–Crippen MR) is 79.3 cm³/mol. The Kier molecular flexibility index (Phi) is 23.5. The molecule has 21 heavy (non-hydrogen) atoms. The van der Waals surface area contributed by atoms with Gasteiger partial charge in [-0.15, -0.1) is 0 Å². The second-order valence-corrected chi connectivity index (χ2v) is 5.15. The molecule has 1 N–H and O–H groups in total. The molecule has 0 aromatic heterocycles. The Morgan fingerprint density at radius 2 is 1.29 bits per heavy atom. The van der Waals surface area contributed by atoms with E-state index in [0.717, 1.165) is 44.9 Å². The number of carboxylic acids is 2. The Labute approximate surface area is 172 Å². The van der Waals surface area contributed by atoms with Crippen LogP contribution in [0.2, 0.25) is 0 Å². The van der Waals surface area contributed by atoms with E-state index in [2.05, 4.69) is 13.8 Å². The molecule has 2 unspecified atom stereocenters. The Morgan fingerprint density at radius 1 is 0.905 bits per heavy atom. The van der Waals surface area contributed by atoms with Gasteiger partial charge in [-0.2, -0.15) is 0 Å². The van der Waals surface area contributed by atoms with Crippen LogP contribution in [-0.2, 0) is 9.59 Å². The normalized spacial score (nSPS) is 12.4. The van der Waals surface area contributed by atoms with Crippen molar-refractivity contribution in [3.8, 4) is 0 Å². The second-order valence-electron chi connectivity index (χ2n) is 5.15. The number of carbonyl (C=O) groups is 2. The van der Waals surface area contributed by atoms with Crippen LogP contribution in [0.25, 0.3) is 0 Å². The van der Waals surface area contributed by atoms with Crippen LogP contribution >= 0.6 is 0 Å². The van der Waals surface area contributed by atoms with Crippen molar-refractivity contribution in [1.29, 1.82) is 0 Å². The van der Waals surface area contributed by atoms with Crippen LogP contribution < -0.4 is 56.5 Å². The van der Waals surface area contributed by atoms with E-state index in [4.69, 9.17) is 5.11 Å². The van der Waals surface area contributed by atoms with E-state index in [1.54, 1.807) is 0 Å². The van der Waals surface area contributed by atoms with Crippen molar-refractivity contribution in [3.05, 3.63) is 0 Å². The van der Waals surface area contributed by atoms with Crippen LogP contribution in [0.4, 0.5) is 0 Å². The van der Waals surface area contributed by atoms with E-state index in [-0.39, 0.29) is 63.2 Å². The van der Waals surface area contributed by atoms with Crippen molar-refractivity contribution in [1.82, 2.24) is 0 Å². The molecule has 0 aliphatic rings. The van der Waals surface area contributed by atoms with Gasteiger partial charge in [-0.05, 0) is 31.6 Å². The number of aliphatic carboxylic acids is 2. The molecule has 0 aliphatic heterocycles. The predicted octanol–water partition coefficient (Wildman–Crippen LogP) is 0.244. The van der Waals surface area contributed by atoms with E-state index < -0.39 is 11.9 Å². The van der Waals surface area contributed by atoms with Crippen LogP contribution in [0.5, 0.6) is 0 Å². The topological polar surface area (TPSA) is 77.4 Å². The zero-order valence-corrected chi connectivity index (χ0v) is 17.6. The van der Waals surface area contributed by atoms with Crippen LogP contribution in [-0.4, -0.2) is 17.0 Å². The van der Waals surface area contributed by atoms with E-state index in [1.165, 1.54) is 0 Å². The number of carbonyl (C=O) groups excluding carboxylic acids is 1. The minimum atomic E-state index is -0.893. The molecule has 0 saturated heterocycles. The molecule has 0 spiro atoms. The van der Waals surface area contributed by atoms with Crippen LogP contribution in [0.1, 0.15) is 79.1 Å². The first kappa shape index (κ1) is 26.5. The average Bonchev–Trinajstić information content (AvgIpc) is 2.40. The van der Waals surface area contributed by atoms with E-state index in [0.29, 0.717) is 6.42 Å². The van der Waals surface area contributed by atoms with E-state index in [1.807, 2.05) is 13.8 Å². The molecule has 0 heterocycles. The molecule has 0 amide bonds. The zero-order chi connectivity index (χ0) is 16.0. The number of hydrogen-bond donors (Lipinski definition) is 1. The minimum Gasteiger partial charge on any atom is -0.550 e. The van der Waals surface area contributed by atoms with Gasteiger partial charge >= 0.3 is 57.4 Å². The summed E-state index contributed by atoms with van der Waals surface area (Å²) in [5.74, 6) is -1.87. The second kappa shape index (κ2) is 18.6. The molecule has 0 radical (unpaired) electrons. The fourth-order valence-corrected chi connectivity index (χ4v) is 1.89. The monoisotopic (exact) mass is 326 g/mol. The molecule has 0 bridgehead atoms. The quantitative estimate of drug-likeness (QED) is 0.584. The van der Waals surface area contributed by atoms with Crippen LogP contribution in [0.3, 0.4) is 0 Å². The molecule has 2 atom stereocenters. The summed E-state index contributed by atoms with van der Waals surface area (Å²) in [6, 6.07) is 0. The molecule has 0 rings (SSSR count). The first-order valence-corrected chi connectivity index (χ1v) is 7.87. The zero-order valence-electron chi connectivity index (χ0n) is 14.5. The van der Waals surface area contributed by atoms with Crippen LogP contribution in [0.15, 0.2) is 0 Å². The van der Waals surface area contributed by atoms with E-state index >= 15 is 0 Å². The Morgan fingerprint density at radius 3 is 1.52 bits per heavy atom. The molecule has 120 valence electrons. The molecule has 4 nitrogen and oxygen atoms in total. The van der Waals surface area contributed by atoms with Gasteiger partial charge in [0.2, 0.25) is 0 Å². The SMILES string of the molecule is CCCCC(CC)C(=O)O.CCCCC(CC)C(=O)[O-].[K+]. The van der Waals surface area contributed by atoms with Crippen molar-refractivity contribution in [2.24, 2.45) is 11.8 Å². The minimum absolute atomic E-state index is 0. The van der Waals surface area contributed by atoms with Crippen LogP contribution in [0, 0.1) is 11.8 Å². The Bertz CT molecular complexity index is 231. The van der Waals surface area contributed by atoms with Gasteiger partial charge in [0.25, 0.3) is 0 Å². The summed E-state index contributed by atoms with van der Waals surface area (Å²) >= 11 is 0. The largest absolute Gasteiger partial charge is 1.00 e. The maximum atomic E-state index is 10.4. The first-order valence-electron chi connectivity index (χ1n) is 7.87. The molecule has 0 aromatic rings. The average molecular weight is 327 g/mol. The summed E-state index contributed by atoms with van der Waals surface area (Å²) in [5, 5.41) is 18.9. The summed E-state index contributed by atoms with van der Waals surface area (Å²) in [7, 11) is 0. The molecular formula is C16H31KO4. The van der Waals surface area contributed by atoms with Gasteiger partial charge in [-0.1, -0.05) is 53.4 Å². The maximum Gasteiger partial charge on any atom is 1.00 e. The smallest absolute Gasteiger partial charge is 0.550 e. The van der Waals surface area contributed by atoms with Gasteiger partial charge in [-0.3, -0.25) is 4.79 Å². The molecular weight excluding hydrogens is 295 g/mol. The third-order valence-corrected chi connectivity index (χ3v) is 3.48. The van der Waals surface area contributed by atoms with Gasteiger partial charge < -0.3 is 15.0 Å². The van der Waals surface area contributed by atoms with Crippen molar-refractivity contribution in [2.75, 3.05) is 0 Å². The van der Waals surface area contributed by atoms with Crippen molar-refractivity contribution >= 4 is 11.9 Å². The molecule has 5 heteroatoms. The number of carboxylic acid groups (broad SMARTS) is 2. The maximum absolute atomic E-state index is 10.4. The van der Waals surface area contributed by atoms with Crippen molar-refractivity contribution in [3.63, 3.8) is 0 Å². The first-order chi connectivity index (χ1) is 9.44. The summed E-state index contributed by atoms with van der Waals surface area (Å²) < 4.78 is 0. The molecule has 0 aromatic carbocycles. The van der Waals surface area contributed by atoms with Gasteiger partial charge in [-0.25, -0.2) is 0 Å². The summed E-state index contributed by atoms with van der Waals surface area (Å²) in [6.07, 6.45) is 7.24. The standard InChI is InChI=1S/2C8H16O2.K/c2*1-3-5-6-7(4-2)8(9)10;/h2*7H,3-6H2,1-2H3,(H,9,10);/q;;+1/p-1. The van der Waals surface area contributed by atoms with E-state index in [9.17, 15) is 14.7 Å². The number of unbranched alkanes of at least 4 members (excludes halogenated alkanes) is 2. The Hall–Kier alpha value is 0.576. The fourth-order valence-electron chi connectivity index (χ4n) is 1.89. The third-order valence-electron chi connectivity index (χ3n) is 3.48. The van der Waals surface area contributed by atoms with Gasteiger partial charge in [0.1, 0.15) is 0 Å². The fraction of sp³-hybridized carbons (Fsp3) is 0.875. The summed E-state index contributed by atoms with van der Waals surface area (Å²) in [6.45, 7) is 7.95. The number of hydrogen-bond acceptors (Lipinski definition) is 3. The number of rotatable bonds is 10. The van der Waals surface area contributed by atoms with Crippen molar-refractivity contribution < 1.29 is 71.2 Å². The molecule has 0 saturated carbocycles. The molecule has 0 fully saturated rings. The summed E-state index contributed by atoms with van der Waals surface area (Å²) in [4.78, 5) is 20.8. The van der Waals surface area contributed by atoms with Gasteiger partial charge in [0, 0.05) is 5.97 Å². The van der Waals surface area contributed by atoms with Gasteiger partial charge in [0.05, 0.1) is 5.92 Å². The third kappa shape index (κ3) is 16.8. The Balaban J connectivity index is -0.000000295. The van der Waals surface area contributed by atoms with Gasteiger partial charge in [0.15, 0.2) is 0 Å².